The Morgan fingerprint density at radius 2 is 1.76 bits per heavy atom. The van der Waals surface area contributed by atoms with E-state index in [-0.39, 0.29) is 5.82 Å². The van der Waals surface area contributed by atoms with Crippen LogP contribution in [0.15, 0.2) is 36.7 Å². The molecule has 1 aromatic carbocycles. The van der Waals surface area contributed by atoms with Gasteiger partial charge in [-0.25, -0.2) is 9.37 Å². The molecule has 0 unspecified atom stereocenters. The second kappa shape index (κ2) is 3.66. The first-order valence-electron chi connectivity index (χ1n) is 5.16. The van der Waals surface area contributed by atoms with Gasteiger partial charge in [0.2, 0.25) is 0 Å². The Morgan fingerprint density at radius 1 is 1.06 bits per heavy atom. The zero-order valence-corrected chi connectivity index (χ0v) is 8.94. The molecule has 0 aliphatic heterocycles. The lowest BCUT2D eigenvalue weighted by molar-refractivity contribution is 0.628. The van der Waals surface area contributed by atoms with Crippen molar-refractivity contribution in [2.24, 2.45) is 0 Å². The average Bonchev–Trinajstić information content (AvgIpc) is 2.69. The summed E-state index contributed by atoms with van der Waals surface area (Å²) in [5.74, 6) is -0.258. The van der Waals surface area contributed by atoms with Crippen LogP contribution in [0.4, 0.5) is 4.39 Å². The second-order valence-corrected chi connectivity index (χ2v) is 3.74. The SMILES string of the molecule is [CH2]c1c(-c2ccc(F)cc2)[nH]c2nccnc12. The molecule has 3 aromatic rings. The Hall–Kier alpha value is -2.23. The van der Waals surface area contributed by atoms with Gasteiger partial charge in [0.05, 0.1) is 5.69 Å². The lowest BCUT2D eigenvalue weighted by Crippen LogP contribution is -1.81. The van der Waals surface area contributed by atoms with E-state index in [0.29, 0.717) is 5.65 Å². The minimum atomic E-state index is -0.258. The fraction of sp³-hybridized carbons (Fsp3) is 0. The molecule has 0 aliphatic rings. The molecule has 83 valence electrons. The summed E-state index contributed by atoms with van der Waals surface area (Å²) in [4.78, 5) is 11.5. The van der Waals surface area contributed by atoms with Gasteiger partial charge in [0.1, 0.15) is 11.3 Å². The maximum atomic E-state index is 12.9. The number of hydrogen-bond donors (Lipinski definition) is 1. The first-order chi connectivity index (χ1) is 8.25. The van der Waals surface area contributed by atoms with Gasteiger partial charge >= 0.3 is 0 Å². The van der Waals surface area contributed by atoms with E-state index >= 15 is 0 Å². The summed E-state index contributed by atoms with van der Waals surface area (Å²) in [5, 5.41) is 0. The van der Waals surface area contributed by atoms with Gasteiger partial charge in [-0.2, -0.15) is 0 Å². The maximum Gasteiger partial charge on any atom is 0.156 e. The highest BCUT2D eigenvalue weighted by Crippen LogP contribution is 2.27. The van der Waals surface area contributed by atoms with Crippen LogP contribution < -0.4 is 0 Å². The predicted molar refractivity (Wildman–Crippen MR) is 63.7 cm³/mol. The van der Waals surface area contributed by atoms with Crippen LogP contribution in [0.5, 0.6) is 0 Å². The Bertz CT molecular complexity index is 671. The number of nitrogens with zero attached hydrogens (tertiary/aromatic N) is 2. The molecule has 2 heterocycles. The minimum Gasteiger partial charge on any atom is -0.338 e. The third-order valence-corrected chi connectivity index (χ3v) is 2.66. The van der Waals surface area contributed by atoms with Crippen molar-refractivity contribution in [3.05, 3.63) is 55.0 Å². The van der Waals surface area contributed by atoms with E-state index in [9.17, 15) is 4.39 Å². The molecule has 3 rings (SSSR count). The second-order valence-electron chi connectivity index (χ2n) is 3.74. The summed E-state index contributed by atoms with van der Waals surface area (Å²) in [5.41, 5.74) is 3.91. The largest absolute Gasteiger partial charge is 0.338 e. The standard InChI is InChI=1S/C13H9FN3/c1-8-11(9-2-4-10(14)5-3-9)17-13-12(8)15-6-7-16-13/h2-7H,1H2,(H,16,17). The molecule has 0 aliphatic carbocycles. The number of benzene rings is 1. The summed E-state index contributed by atoms with van der Waals surface area (Å²) in [7, 11) is 0. The average molecular weight is 226 g/mol. The lowest BCUT2D eigenvalue weighted by Gasteiger charge is -1.99. The van der Waals surface area contributed by atoms with Crippen LogP contribution in [-0.4, -0.2) is 15.0 Å². The van der Waals surface area contributed by atoms with Gasteiger partial charge in [-0.1, -0.05) is 0 Å². The van der Waals surface area contributed by atoms with Crippen LogP contribution in [0.2, 0.25) is 0 Å². The fourth-order valence-electron chi connectivity index (χ4n) is 1.83. The zero-order chi connectivity index (χ0) is 11.8. The highest BCUT2D eigenvalue weighted by molar-refractivity contribution is 5.85. The van der Waals surface area contributed by atoms with Gasteiger partial charge in [-0.3, -0.25) is 4.98 Å². The molecule has 0 fully saturated rings. The van der Waals surface area contributed by atoms with Crippen molar-refractivity contribution >= 4 is 11.2 Å². The molecular weight excluding hydrogens is 217 g/mol. The smallest absolute Gasteiger partial charge is 0.156 e. The molecule has 0 saturated carbocycles. The van der Waals surface area contributed by atoms with Crippen molar-refractivity contribution in [1.82, 2.24) is 15.0 Å². The molecular formula is C13H9FN3. The Balaban J connectivity index is 2.24. The van der Waals surface area contributed by atoms with Gasteiger partial charge in [0.15, 0.2) is 5.65 Å². The molecule has 0 saturated heterocycles. The van der Waals surface area contributed by atoms with Crippen LogP contribution in [0.25, 0.3) is 22.4 Å². The normalized spacial score (nSPS) is 10.9. The van der Waals surface area contributed by atoms with Crippen molar-refractivity contribution in [2.75, 3.05) is 0 Å². The number of rotatable bonds is 1. The van der Waals surface area contributed by atoms with Crippen LogP contribution in [0.3, 0.4) is 0 Å². The first kappa shape index (κ1) is 9.96. The number of fused-ring (bicyclic) bond motifs is 1. The maximum absolute atomic E-state index is 12.9. The predicted octanol–water partition coefficient (Wildman–Crippen LogP) is 2.95. The highest BCUT2D eigenvalue weighted by atomic mass is 19.1. The van der Waals surface area contributed by atoms with E-state index in [0.717, 1.165) is 22.3 Å². The first-order valence-corrected chi connectivity index (χ1v) is 5.16. The van der Waals surface area contributed by atoms with Gasteiger partial charge in [0, 0.05) is 18.0 Å². The number of aromatic nitrogens is 3. The quantitative estimate of drug-likeness (QED) is 0.693. The fourth-order valence-corrected chi connectivity index (χ4v) is 1.83. The number of halogens is 1. The molecule has 4 heteroatoms. The van der Waals surface area contributed by atoms with Crippen LogP contribution in [0, 0.1) is 12.7 Å². The van der Waals surface area contributed by atoms with E-state index in [1.165, 1.54) is 12.1 Å². The van der Waals surface area contributed by atoms with Crippen molar-refractivity contribution < 1.29 is 4.39 Å². The summed E-state index contributed by atoms with van der Waals surface area (Å²) in [6.07, 6.45) is 3.24. The third kappa shape index (κ3) is 1.58. The van der Waals surface area contributed by atoms with Crippen molar-refractivity contribution in [2.45, 2.75) is 0 Å². The minimum absolute atomic E-state index is 0.258. The number of H-pyrrole nitrogens is 1. The molecule has 1 N–H and O–H groups in total. The van der Waals surface area contributed by atoms with Crippen molar-refractivity contribution in [1.29, 1.82) is 0 Å². The third-order valence-electron chi connectivity index (χ3n) is 2.66. The molecule has 0 bridgehead atoms. The highest BCUT2D eigenvalue weighted by Gasteiger charge is 2.10. The van der Waals surface area contributed by atoms with Crippen molar-refractivity contribution in [3.63, 3.8) is 0 Å². The van der Waals surface area contributed by atoms with Gasteiger partial charge in [-0.05, 0) is 36.8 Å². The molecule has 0 amide bonds. The lowest BCUT2D eigenvalue weighted by atomic mass is 10.1. The molecule has 0 spiro atoms. The van der Waals surface area contributed by atoms with E-state index in [4.69, 9.17) is 0 Å². The Morgan fingerprint density at radius 3 is 2.47 bits per heavy atom. The number of hydrogen-bond acceptors (Lipinski definition) is 2. The van der Waals surface area contributed by atoms with Gasteiger partial charge in [-0.15, -0.1) is 0 Å². The summed E-state index contributed by atoms with van der Waals surface area (Å²) < 4.78 is 12.9. The van der Waals surface area contributed by atoms with E-state index < -0.39 is 0 Å². The van der Waals surface area contributed by atoms with Crippen molar-refractivity contribution in [3.8, 4) is 11.3 Å². The molecule has 1 radical (unpaired) electrons. The van der Waals surface area contributed by atoms with E-state index in [2.05, 4.69) is 21.9 Å². The number of aromatic amines is 1. The number of nitrogens with one attached hydrogen (secondary N) is 1. The zero-order valence-electron chi connectivity index (χ0n) is 8.94. The molecule has 17 heavy (non-hydrogen) atoms. The van der Waals surface area contributed by atoms with Crippen LogP contribution in [0.1, 0.15) is 5.56 Å². The Labute approximate surface area is 97.3 Å². The topological polar surface area (TPSA) is 41.6 Å². The monoisotopic (exact) mass is 226 g/mol. The van der Waals surface area contributed by atoms with E-state index in [1.54, 1.807) is 24.5 Å². The van der Waals surface area contributed by atoms with E-state index in [1.807, 2.05) is 0 Å². The van der Waals surface area contributed by atoms with Gasteiger partial charge < -0.3 is 4.98 Å². The Kier molecular flexibility index (Phi) is 2.14. The van der Waals surface area contributed by atoms with Crippen LogP contribution >= 0.6 is 0 Å². The van der Waals surface area contributed by atoms with Gasteiger partial charge in [0.25, 0.3) is 0 Å². The molecule has 0 atom stereocenters. The molecule has 3 nitrogen and oxygen atoms in total. The molecule has 2 aromatic heterocycles. The van der Waals surface area contributed by atoms with Crippen LogP contribution in [-0.2, 0) is 0 Å². The summed E-state index contributed by atoms with van der Waals surface area (Å²) >= 11 is 0. The summed E-state index contributed by atoms with van der Waals surface area (Å²) in [6, 6.07) is 6.24. The summed E-state index contributed by atoms with van der Waals surface area (Å²) in [6.45, 7) is 3.98.